The molecule has 0 atom stereocenters. The summed E-state index contributed by atoms with van der Waals surface area (Å²) in [4.78, 5) is 24.1. The van der Waals surface area contributed by atoms with E-state index in [1.54, 1.807) is 31.2 Å². The van der Waals surface area contributed by atoms with E-state index in [0.717, 1.165) is 150 Å². The molecule has 0 radical (unpaired) electrons. The number of halogens is 3. The number of nitriles is 1. The van der Waals surface area contributed by atoms with Crippen LogP contribution in [0.1, 0.15) is 143 Å². The summed E-state index contributed by atoms with van der Waals surface area (Å²) in [5.74, 6) is 1.45. The summed E-state index contributed by atoms with van der Waals surface area (Å²) in [7, 11) is 1.89. The van der Waals surface area contributed by atoms with E-state index in [9.17, 15) is 18.8 Å². The summed E-state index contributed by atoms with van der Waals surface area (Å²) in [5, 5.41) is 34.5. The van der Waals surface area contributed by atoms with Crippen LogP contribution >= 0.6 is 11.6 Å². The maximum absolute atomic E-state index is 14.8. The number of amides is 1. The highest BCUT2D eigenvalue weighted by molar-refractivity contribution is 6.32. The second kappa shape index (κ2) is 20.9. The van der Waals surface area contributed by atoms with Crippen LogP contribution in [0.3, 0.4) is 0 Å². The van der Waals surface area contributed by atoms with E-state index in [-0.39, 0.29) is 34.9 Å². The first-order valence-corrected chi connectivity index (χ1v) is 27.9. The van der Waals surface area contributed by atoms with E-state index in [0.29, 0.717) is 59.6 Å². The van der Waals surface area contributed by atoms with Crippen molar-refractivity contribution in [1.82, 2.24) is 34.9 Å². The third-order valence-electron chi connectivity index (χ3n) is 18.7. The number of hydrazine groups is 1. The van der Waals surface area contributed by atoms with E-state index < -0.39 is 6.43 Å². The van der Waals surface area contributed by atoms with Gasteiger partial charge in [0.1, 0.15) is 18.0 Å². The molecule has 3 aromatic rings. The highest BCUT2D eigenvalue weighted by Gasteiger charge is 2.44. The predicted octanol–water partition coefficient (Wildman–Crippen LogP) is 10.2. The number of aryl methyl sites for hydroxylation is 1. The van der Waals surface area contributed by atoms with E-state index in [2.05, 4.69) is 35.8 Å². The zero-order chi connectivity index (χ0) is 51.3. The summed E-state index contributed by atoms with van der Waals surface area (Å²) in [6, 6.07) is 12.4. The van der Waals surface area contributed by atoms with Gasteiger partial charge in [-0.2, -0.15) is 10.4 Å². The Morgan fingerprint density at radius 2 is 1.64 bits per heavy atom. The zero-order valence-electron chi connectivity index (χ0n) is 43.3. The number of piperidine rings is 2. The van der Waals surface area contributed by atoms with Crippen molar-refractivity contribution in [2.75, 3.05) is 75.8 Å². The van der Waals surface area contributed by atoms with E-state index in [1.807, 2.05) is 41.4 Å². The molecule has 0 bridgehead atoms. The normalized spacial score (nSPS) is 24.2. The highest BCUT2D eigenvalue weighted by Crippen LogP contribution is 2.50. The lowest BCUT2D eigenvalue weighted by molar-refractivity contribution is -0.129. The van der Waals surface area contributed by atoms with Crippen molar-refractivity contribution in [3.63, 3.8) is 0 Å². The summed E-state index contributed by atoms with van der Waals surface area (Å²) in [6.45, 7) is 9.79. The number of benzene rings is 2. The second-order valence-corrected chi connectivity index (χ2v) is 23.3. The SMILES string of the molecule is CC(=O)N1CCc2c(c(N3CCCc4cc(C5=CN(C)NC5)c(C(F)F)cc43)nn2C2CCC3(CC2)CCN(C2CCC(OC(=N)/C=C\C(=N)N4CCC5(CC4)CCN(c4ccc(C#N)c(Cl)c4)C5)CC2)CC3)C1. The monoisotopic (exact) mass is 1030 g/mol. The fourth-order valence-corrected chi connectivity index (χ4v) is 14.4. The van der Waals surface area contributed by atoms with Crippen molar-refractivity contribution in [3.05, 3.63) is 87.2 Å². The zero-order valence-corrected chi connectivity index (χ0v) is 44.0. The van der Waals surface area contributed by atoms with Gasteiger partial charge in [-0.05, 0) is 173 Å². The number of nitrogens with one attached hydrogen (secondary N) is 3. The molecule has 2 spiro atoms. The Morgan fingerprint density at radius 3 is 2.32 bits per heavy atom. The number of aromatic nitrogens is 2. The molecule has 3 N–H and O–H groups in total. The minimum atomic E-state index is -2.61. The first-order chi connectivity index (χ1) is 35.8. The lowest BCUT2D eigenvalue weighted by Gasteiger charge is -2.48. The molecule has 394 valence electrons. The molecule has 8 aliphatic rings. The van der Waals surface area contributed by atoms with Gasteiger partial charge in [-0.3, -0.25) is 20.3 Å². The molecule has 2 aromatic carbocycles. The maximum Gasteiger partial charge on any atom is 0.264 e. The third-order valence-corrected chi connectivity index (χ3v) is 19.0. The topological polar surface area (TPSA) is 147 Å². The number of alkyl halides is 2. The van der Waals surface area contributed by atoms with Crippen molar-refractivity contribution in [2.45, 2.75) is 141 Å². The van der Waals surface area contributed by atoms with Gasteiger partial charge in [-0.1, -0.05) is 11.6 Å². The number of hydrogen-bond donors (Lipinski definition) is 3. The van der Waals surface area contributed by atoms with E-state index >= 15 is 0 Å². The number of amidine groups is 1. The number of fused-ring (bicyclic) bond motifs is 2. The molecule has 3 saturated heterocycles. The average Bonchev–Trinajstić information content (AvgIpc) is 4.17. The summed E-state index contributed by atoms with van der Waals surface area (Å²) >= 11 is 6.35. The Bertz CT molecular complexity index is 2730. The minimum absolute atomic E-state index is 0.0293. The second-order valence-electron chi connectivity index (χ2n) is 22.9. The number of likely N-dealkylation sites (tertiary alicyclic amines) is 2. The van der Waals surface area contributed by atoms with Crippen LogP contribution in [-0.4, -0.2) is 125 Å². The van der Waals surface area contributed by atoms with Crippen LogP contribution in [0.5, 0.6) is 0 Å². The van der Waals surface area contributed by atoms with Crippen molar-refractivity contribution in [3.8, 4) is 6.07 Å². The predicted molar refractivity (Wildman–Crippen MR) is 286 cm³/mol. The van der Waals surface area contributed by atoms with Crippen LogP contribution < -0.4 is 15.2 Å². The minimum Gasteiger partial charge on any atom is -0.475 e. The van der Waals surface area contributed by atoms with E-state index in [4.69, 9.17) is 32.3 Å². The van der Waals surface area contributed by atoms with Gasteiger partial charge in [-0.25, -0.2) is 14.2 Å². The van der Waals surface area contributed by atoms with Crippen molar-refractivity contribution >= 4 is 52.0 Å². The number of carbonyl (C=O) groups excluding carboxylic acids is 1. The van der Waals surface area contributed by atoms with Crippen molar-refractivity contribution < 1.29 is 18.3 Å². The van der Waals surface area contributed by atoms with Crippen LogP contribution in [0.4, 0.5) is 26.0 Å². The van der Waals surface area contributed by atoms with Gasteiger partial charge in [-0.15, -0.1) is 0 Å². The number of carbonyl (C=O) groups is 1. The van der Waals surface area contributed by atoms with Crippen LogP contribution in [0.2, 0.25) is 5.02 Å². The van der Waals surface area contributed by atoms with Gasteiger partial charge in [0, 0.05) is 113 Å². The van der Waals surface area contributed by atoms with Crippen LogP contribution in [-0.2, 0) is 28.9 Å². The van der Waals surface area contributed by atoms with Crippen LogP contribution in [0.15, 0.2) is 48.7 Å². The van der Waals surface area contributed by atoms with Crippen LogP contribution in [0.25, 0.3) is 5.57 Å². The smallest absolute Gasteiger partial charge is 0.264 e. The Kier molecular flexibility index (Phi) is 14.3. The molecular formula is C57H73ClF2N12O2. The number of rotatable bonds is 9. The fourth-order valence-electron chi connectivity index (χ4n) is 14.2. The standard InChI is InChI=1S/C57H73ClF2N12O2/c1-38(73)69-24-15-50-48(36-69)55(71-23-3-4-39-30-46(41-34-64-66(2)35-41)47(54(59)60)32-51(39)71)65-72(50)43-13-16-56(17-14-43)18-25-67(26-19-56)42-7-9-45(10-8-42)74-53(63)12-11-52(62)68-27-20-57(21-28-68)22-29-70(37-57)44-6-5-40(33-61)49(58)31-44/h5-6,11-12,30-32,35,42-43,45,54,62-64H,3-4,7-10,13-29,34,36-37H2,1-2H3/b12-11-,62-52?,63-53?. The Hall–Kier alpha value is -5.50. The molecule has 74 heavy (non-hydrogen) atoms. The molecule has 1 amide bonds. The van der Waals surface area contributed by atoms with Gasteiger partial charge < -0.3 is 34.2 Å². The molecule has 6 aliphatic heterocycles. The number of nitrogens with zero attached hydrogens (tertiary/aromatic N) is 9. The molecule has 2 saturated carbocycles. The molecule has 0 unspecified atom stereocenters. The number of hydrogen-bond acceptors (Lipinski definition) is 11. The fraction of sp³-hybridized carbons (Fsp3) is 0.596. The molecule has 2 aliphatic carbocycles. The first kappa shape index (κ1) is 50.6. The quantitative estimate of drug-likeness (QED) is 0.140. The maximum atomic E-state index is 14.8. The average molecular weight is 1030 g/mol. The molecular weight excluding hydrogens is 958 g/mol. The van der Waals surface area contributed by atoms with Crippen LogP contribution in [0, 0.1) is 33.0 Å². The Labute approximate surface area is 440 Å². The summed E-state index contributed by atoms with van der Waals surface area (Å²) in [5.41, 5.74) is 11.0. The molecule has 14 nitrogen and oxygen atoms in total. The van der Waals surface area contributed by atoms with Gasteiger partial charge in [0.15, 0.2) is 5.82 Å². The Morgan fingerprint density at radius 1 is 0.892 bits per heavy atom. The third kappa shape index (κ3) is 10.2. The first-order valence-electron chi connectivity index (χ1n) is 27.5. The molecule has 5 fully saturated rings. The van der Waals surface area contributed by atoms with Gasteiger partial charge in [0.05, 0.1) is 23.2 Å². The highest BCUT2D eigenvalue weighted by atomic mass is 35.5. The molecule has 7 heterocycles. The van der Waals surface area contributed by atoms with E-state index in [1.165, 1.54) is 31.4 Å². The number of anilines is 3. The van der Waals surface area contributed by atoms with Gasteiger partial charge in [0.25, 0.3) is 6.43 Å². The Balaban J connectivity index is 0.653. The lowest BCUT2D eigenvalue weighted by atomic mass is 9.66. The number of ether oxygens (including phenoxy) is 1. The lowest BCUT2D eigenvalue weighted by Crippen LogP contribution is -2.48. The summed E-state index contributed by atoms with van der Waals surface area (Å²) in [6.07, 6.45) is 19.2. The van der Waals surface area contributed by atoms with Crippen molar-refractivity contribution in [2.24, 2.45) is 10.8 Å². The molecule has 17 heteroatoms. The molecule has 11 rings (SSSR count). The van der Waals surface area contributed by atoms with Crippen molar-refractivity contribution in [1.29, 1.82) is 16.1 Å². The van der Waals surface area contributed by atoms with Gasteiger partial charge >= 0.3 is 0 Å². The van der Waals surface area contributed by atoms with Gasteiger partial charge in [0.2, 0.25) is 11.8 Å². The largest absolute Gasteiger partial charge is 0.475 e. The summed E-state index contributed by atoms with van der Waals surface area (Å²) < 4.78 is 38.2. The molecule has 1 aromatic heterocycles.